The predicted molar refractivity (Wildman–Crippen MR) is 63.2 cm³/mol. The normalized spacial score (nSPS) is 31.5. The highest BCUT2D eigenvalue weighted by Gasteiger charge is 2.46. The summed E-state index contributed by atoms with van der Waals surface area (Å²) in [5.41, 5.74) is 0.304. The van der Waals surface area contributed by atoms with Crippen molar-refractivity contribution >= 4 is 0 Å². The Kier molecular flexibility index (Phi) is 3.54. The Hall–Kier alpha value is -0.160. The first-order valence-electron chi connectivity index (χ1n) is 6.10. The fraction of sp³-hybridized carbons (Fsp3) is 1.00. The molecule has 0 saturated carbocycles. The van der Waals surface area contributed by atoms with Gasteiger partial charge in [0.25, 0.3) is 0 Å². The molecular formula is C12H24N2O2. The third-order valence-corrected chi connectivity index (χ3v) is 3.67. The number of hydrogen-bond donors (Lipinski definition) is 0. The van der Waals surface area contributed by atoms with Crippen molar-refractivity contribution in [2.75, 3.05) is 33.7 Å². The molecule has 4 nitrogen and oxygen atoms in total. The van der Waals surface area contributed by atoms with Crippen LogP contribution in [0.5, 0.6) is 0 Å². The predicted octanol–water partition coefficient (Wildman–Crippen LogP) is 1.12. The molecule has 2 aliphatic rings. The average molecular weight is 228 g/mol. The van der Waals surface area contributed by atoms with Crippen molar-refractivity contribution < 1.29 is 9.47 Å². The molecule has 0 aromatic heterocycles. The molecule has 0 N–H and O–H groups in total. The average Bonchev–Trinajstić information content (AvgIpc) is 2.75. The van der Waals surface area contributed by atoms with E-state index in [4.69, 9.17) is 9.47 Å². The Labute approximate surface area is 98.5 Å². The van der Waals surface area contributed by atoms with Crippen LogP contribution in [0.1, 0.15) is 27.2 Å². The Morgan fingerprint density at radius 1 is 1.19 bits per heavy atom. The van der Waals surface area contributed by atoms with Crippen LogP contribution in [0.3, 0.4) is 0 Å². The van der Waals surface area contributed by atoms with E-state index in [0.29, 0.717) is 25.1 Å². The first kappa shape index (κ1) is 12.3. The summed E-state index contributed by atoms with van der Waals surface area (Å²) in [6.07, 6.45) is 1.30. The van der Waals surface area contributed by atoms with E-state index in [1.54, 1.807) is 7.11 Å². The van der Waals surface area contributed by atoms with E-state index in [-0.39, 0.29) is 0 Å². The molecule has 2 aliphatic heterocycles. The molecule has 2 bridgehead atoms. The maximum Gasteiger partial charge on any atom is 0.148 e. The maximum atomic E-state index is 5.43. The van der Waals surface area contributed by atoms with Gasteiger partial charge in [-0.05, 0) is 27.2 Å². The lowest BCUT2D eigenvalue weighted by Crippen LogP contribution is -2.53. The smallest absolute Gasteiger partial charge is 0.148 e. The summed E-state index contributed by atoms with van der Waals surface area (Å²) in [4.78, 5) is 5.07. The summed E-state index contributed by atoms with van der Waals surface area (Å²) in [6, 6.07) is 1.40. The zero-order valence-electron chi connectivity index (χ0n) is 10.9. The molecule has 94 valence electrons. The van der Waals surface area contributed by atoms with Gasteiger partial charge in [0.2, 0.25) is 0 Å². The molecule has 16 heavy (non-hydrogen) atoms. The molecule has 2 atom stereocenters. The monoisotopic (exact) mass is 228 g/mol. The summed E-state index contributed by atoms with van der Waals surface area (Å²) < 4.78 is 10.3. The van der Waals surface area contributed by atoms with E-state index >= 15 is 0 Å². The molecule has 4 heteroatoms. The van der Waals surface area contributed by atoms with Crippen molar-refractivity contribution in [3.05, 3.63) is 0 Å². The second-order valence-electron chi connectivity index (χ2n) is 5.88. The van der Waals surface area contributed by atoms with Gasteiger partial charge in [-0.25, -0.2) is 0 Å². The fourth-order valence-electron chi connectivity index (χ4n) is 2.97. The van der Waals surface area contributed by atoms with E-state index in [1.807, 2.05) is 0 Å². The Bertz CT molecular complexity index is 240. The van der Waals surface area contributed by atoms with Gasteiger partial charge in [0.1, 0.15) is 13.5 Å². The lowest BCUT2D eigenvalue weighted by Gasteiger charge is -2.41. The van der Waals surface area contributed by atoms with Crippen LogP contribution in [0, 0.1) is 0 Å². The molecule has 0 amide bonds. The molecular weight excluding hydrogens is 204 g/mol. The van der Waals surface area contributed by atoms with Crippen LogP contribution in [0.4, 0.5) is 0 Å². The van der Waals surface area contributed by atoms with Gasteiger partial charge in [-0.3, -0.25) is 9.80 Å². The zero-order chi connectivity index (χ0) is 11.8. The van der Waals surface area contributed by atoms with Gasteiger partial charge in [-0.2, -0.15) is 0 Å². The summed E-state index contributed by atoms with van der Waals surface area (Å²) >= 11 is 0. The van der Waals surface area contributed by atoms with E-state index in [1.165, 1.54) is 13.0 Å². The highest BCUT2D eigenvalue weighted by atomic mass is 16.7. The Balaban J connectivity index is 1.81. The summed E-state index contributed by atoms with van der Waals surface area (Å²) in [6.45, 7) is 10.4. The van der Waals surface area contributed by atoms with Crippen molar-refractivity contribution in [3.8, 4) is 0 Å². The van der Waals surface area contributed by atoms with Gasteiger partial charge < -0.3 is 9.47 Å². The van der Waals surface area contributed by atoms with E-state index < -0.39 is 0 Å². The van der Waals surface area contributed by atoms with Crippen LogP contribution >= 0.6 is 0 Å². The van der Waals surface area contributed by atoms with Crippen molar-refractivity contribution in [3.63, 3.8) is 0 Å². The summed E-state index contributed by atoms with van der Waals surface area (Å²) in [7, 11) is 1.66. The Morgan fingerprint density at radius 3 is 2.44 bits per heavy atom. The largest absolute Gasteiger partial charge is 0.359 e. The fourth-order valence-corrected chi connectivity index (χ4v) is 2.97. The number of rotatable bonds is 4. The first-order valence-corrected chi connectivity index (χ1v) is 6.10. The number of methoxy groups -OCH3 is 1. The van der Waals surface area contributed by atoms with Crippen molar-refractivity contribution in [1.29, 1.82) is 0 Å². The minimum atomic E-state index is 0.304. The van der Waals surface area contributed by atoms with E-state index in [9.17, 15) is 0 Å². The van der Waals surface area contributed by atoms with Crippen molar-refractivity contribution in [1.82, 2.24) is 9.80 Å². The molecule has 0 aromatic carbocycles. The first-order chi connectivity index (χ1) is 7.52. The molecule has 0 spiro atoms. The molecule has 2 unspecified atom stereocenters. The molecule has 2 rings (SSSR count). The van der Waals surface area contributed by atoms with E-state index in [0.717, 1.165) is 12.6 Å². The maximum absolute atomic E-state index is 5.43. The molecule has 0 aliphatic carbocycles. The molecule has 2 saturated heterocycles. The van der Waals surface area contributed by atoms with Crippen LogP contribution in [0.15, 0.2) is 0 Å². The minimum Gasteiger partial charge on any atom is -0.359 e. The van der Waals surface area contributed by atoms with Gasteiger partial charge in [0, 0.05) is 37.8 Å². The topological polar surface area (TPSA) is 24.9 Å². The quantitative estimate of drug-likeness (QED) is 0.532. The summed E-state index contributed by atoms with van der Waals surface area (Å²) in [5, 5.41) is 0. The van der Waals surface area contributed by atoms with Crippen molar-refractivity contribution in [2.45, 2.75) is 44.8 Å². The number of fused-ring (bicyclic) bond motifs is 2. The number of hydrogen-bond acceptors (Lipinski definition) is 4. The second kappa shape index (κ2) is 4.61. The lowest BCUT2D eigenvalue weighted by atomic mass is 10.0. The third kappa shape index (κ3) is 2.40. The van der Waals surface area contributed by atoms with E-state index in [2.05, 4.69) is 30.6 Å². The minimum absolute atomic E-state index is 0.304. The number of ether oxygens (including phenoxy) is 2. The van der Waals surface area contributed by atoms with Crippen LogP contribution in [0.2, 0.25) is 0 Å². The van der Waals surface area contributed by atoms with Gasteiger partial charge in [-0.1, -0.05) is 0 Å². The number of piperazine rings is 1. The van der Waals surface area contributed by atoms with Crippen LogP contribution < -0.4 is 0 Å². The van der Waals surface area contributed by atoms with Crippen LogP contribution in [-0.4, -0.2) is 61.1 Å². The van der Waals surface area contributed by atoms with Gasteiger partial charge in [0.15, 0.2) is 0 Å². The van der Waals surface area contributed by atoms with Crippen LogP contribution in [0.25, 0.3) is 0 Å². The third-order valence-electron chi connectivity index (χ3n) is 3.67. The standard InChI is InChI=1S/C12H24N2O2/c1-12(2,3)14-7-10-5-11(14)6-13(10)8-16-9-15-4/h10-11H,5-9H2,1-4H3. The van der Waals surface area contributed by atoms with Gasteiger partial charge in [-0.15, -0.1) is 0 Å². The van der Waals surface area contributed by atoms with Gasteiger partial charge in [0.05, 0.1) is 0 Å². The molecule has 2 fully saturated rings. The second-order valence-corrected chi connectivity index (χ2v) is 5.88. The SMILES string of the molecule is COCOCN1CC2CC1CN2C(C)(C)C. The molecule has 2 heterocycles. The molecule has 0 radical (unpaired) electrons. The van der Waals surface area contributed by atoms with Crippen molar-refractivity contribution in [2.24, 2.45) is 0 Å². The highest BCUT2D eigenvalue weighted by molar-refractivity contribution is 5.02. The number of nitrogens with zero attached hydrogens (tertiary/aromatic N) is 2. The highest BCUT2D eigenvalue weighted by Crippen LogP contribution is 2.35. The Morgan fingerprint density at radius 2 is 1.94 bits per heavy atom. The summed E-state index contributed by atoms with van der Waals surface area (Å²) in [5.74, 6) is 0. The number of likely N-dealkylation sites (tertiary alicyclic amines) is 2. The van der Waals surface area contributed by atoms with Crippen LogP contribution in [-0.2, 0) is 9.47 Å². The lowest BCUT2D eigenvalue weighted by molar-refractivity contribution is -0.0874. The van der Waals surface area contributed by atoms with Gasteiger partial charge >= 0.3 is 0 Å². The zero-order valence-corrected chi connectivity index (χ0v) is 10.9. The molecule has 0 aromatic rings.